The molecule has 0 saturated carbocycles. The summed E-state index contributed by atoms with van der Waals surface area (Å²) in [6.45, 7) is 0. The second kappa shape index (κ2) is 8.88. The molecule has 0 fully saturated rings. The Morgan fingerprint density at radius 2 is 0.879 bits per heavy atom. The van der Waals surface area contributed by atoms with E-state index in [1.54, 1.807) is 60.7 Å². The van der Waals surface area contributed by atoms with Crippen molar-refractivity contribution >= 4 is 11.6 Å². The second-order valence-corrected chi connectivity index (χ2v) is 7.49. The molecule has 6 nitrogen and oxygen atoms in total. The molecule has 4 aromatic carbocycles. The maximum atomic E-state index is 12.8. The highest BCUT2D eigenvalue weighted by molar-refractivity contribution is 6.11. The number of carbonyl (C=O) groups excluding carboxylic acids is 2. The predicted molar refractivity (Wildman–Crippen MR) is 122 cm³/mol. The van der Waals surface area contributed by atoms with E-state index in [1.165, 1.54) is 24.3 Å². The molecule has 33 heavy (non-hydrogen) atoms. The van der Waals surface area contributed by atoms with Gasteiger partial charge in [-0.15, -0.1) is 0 Å². The number of phenols is 4. The van der Waals surface area contributed by atoms with E-state index >= 15 is 0 Å². The summed E-state index contributed by atoms with van der Waals surface area (Å²) in [6, 6.07) is 21.8. The van der Waals surface area contributed by atoms with Gasteiger partial charge in [-0.3, -0.25) is 9.59 Å². The number of aromatic hydroxyl groups is 4. The Bertz CT molecular complexity index is 1240. The summed E-state index contributed by atoms with van der Waals surface area (Å²) in [5.41, 5.74) is 0.503. The Morgan fingerprint density at radius 3 is 1.24 bits per heavy atom. The van der Waals surface area contributed by atoms with Crippen molar-refractivity contribution in [2.45, 2.75) is 6.42 Å². The second-order valence-electron chi connectivity index (χ2n) is 7.49. The first-order chi connectivity index (χ1) is 15.9. The van der Waals surface area contributed by atoms with Gasteiger partial charge in [-0.1, -0.05) is 60.7 Å². The van der Waals surface area contributed by atoms with Crippen LogP contribution in [-0.4, -0.2) is 32.0 Å². The molecule has 6 heteroatoms. The summed E-state index contributed by atoms with van der Waals surface area (Å²) in [5, 5.41) is 42.3. The van der Waals surface area contributed by atoms with Crippen LogP contribution in [0.5, 0.6) is 23.0 Å². The topological polar surface area (TPSA) is 115 Å². The van der Waals surface area contributed by atoms with Crippen LogP contribution < -0.4 is 0 Å². The average molecular weight is 440 g/mol. The van der Waals surface area contributed by atoms with Crippen LogP contribution in [0.2, 0.25) is 0 Å². The summed E-state index contributed by atoms with van der Waals surface area (Å²) < 4.78 is 0. The van der Waals surface area contributed by atoms with Crippen LogP contribution in [0.4, 0.5) is 0 Å². The lowest BCUT2D eigenvalue weighted by Gasteiger charge is -2.15. The summed E-state index contributed by atoms with van der Waals surface area (Å²) in [7, 11) is 0. The zero-order valence-corrected chi connectivity index (χ0v) is 17.4. The third-order valence-corrected chi connectivity index (χ3v) is 5.43. The molecule has 0 aliphatic carbocycles. The van der Waals surface area contributed by atoms with Crippen molar-refractivity contribution in [2.75, 3.05) is 0 Å². The lowest BCUT2D eigenvalue weighted by atomic mass is 9.93. The molecular weight excluding hydrogens is 420 g/mol. The summed E-state index contributed by atoms with van der Waals surface area (Å²) >= 11 is 0. The van der Waals surface area contributed by atoms with E-state index in [0.717, 1.165) is 0 Å². The molecule has 4 aromatic rings. The standard InChI is InChI=1S/C27H20O6/c28-22-13-11-18(24(30)16-7-3-1-4-8-16)26(32)20(22)15-21-23(29)14-12-19(27(21)33)25(31)17-9-5-2-6-10-17/h1-14,28-29,32-33H,15H2. The molecule has 0 heterocycles. The predicted octanol–water partition coefficient (Wildman–Crippen LogP) is 4.56. The van der Waals surface area contributed by atoms with Crippen LogP contribution in [0.3, 0.4) is 0 Å². The van der Waals surface area contributed by atoms with Crippen molar-refractivity contribution in [3.63, 3.8) is 0 Å². The van der Waals surface area contributed by atoms with Gasteiger partial charge in [0.15, 0.2) is 11.6 Å². The van der Waals surface area contributed by atoms with Gasteiger partial charge in [-0.2, -0.15) is 0 Å². The minimum atomic E-state index is -0.470. The van der Waals surface area contributed by atoms with E-state index in [2.05, 4.69) is 0 Å². The van der Waals surface area contributed by atoms with Crippen LogP contribution in [0.15, 0.2) is 84.9 Å². The van der Waals surface area contributed by atoms with Crippen molar-refractivity contribution in [3.05, 3.63) is 118 Å². The number of phenolic OH excluding ortho intramolecular Hbond substituents is 4. The molecule has 4 N–H and O–H groups in total. The zero-order chi connectivity index (χ0) is 23.5. The van der Waals surface area contributed by atoms with Gasteiger partial charge < -0.3 is 20.4 Å². The molecule has 4 rings (SSSR count). The Kier molecular flexibility index (Phi) is 5.83. The third-order valence-electron chi connectivity index (χ3n) is 5.43. The first kappa shape index (κ1) is 21.6. The summed E-state index contributed by atoms with van der Waals surface area (Å²) in [5.74, 6) is -2.48. The quantitative estimate of drug-likeness (QED) is 0.327. The maximum absolute atomic E-state index is 12.8. The van der Waals surface area contributed by atoms with Crippen molar-refractivity contribution in [1.29, 1.82) is 0 Å². The van der Waals surface area contributed by atoms with Crippen LogP contribution in [0.1, 0.15) is 43.0 Å². The SMILES string of the molecule is O=C(c1ccccc1)c1ccc(O)c(Cc2c(O)ccc(C(=O)c3ccccc3)c2O)c1O. The number of benzene rings is 4. The van der Waals surface area contributed by atoms with Gasteiger partial charge in [0, 0.05) is 28.7 Å². The van der Waals surface area contributed by atoms with Crippen LogP contribution >= 0.6 is 0 Å². The smallest absolute Gasteiger partial charge is 0.196 e. The van der Waals surface area contributed by atoms with Gasteiger partial charge in [-0.05, 0) is 24.3 Å². The van der Waals surface area contributed by atoms with Gasteiger partial charge in [0.2, 0.25) is 0 Å². The van der Waals surface area contributed by atoms with Crippen molar-refractivity contribution < 1.29 is 30.0 Å². The molecule has 0 aliphatic rings. The molecule has 164 valence electrons. The fourth-order valence-electron chi connectivity index (χ4n) is 3.63. The number of hydrogen-bond donors (Lipinski definition) is 4. The minimum absolute atomic E-state index is 0.0375. The van der Waals surface area contributed by atoms with E-state index < -0.39 is 23.1 Å². The van der Waals surface area contributed by atoms with Crippen molar-refractivity contribution in [1.82, 2.24) is 0 Å². The van der Waals surface area contributed by atoms with E-state index in [9.17, 15) is 30.0 Å². The maximum Gasteiger partial charge on any atom is 0.196 e. The highest BCUT2D eigenvalue weighted by Crippen LogP contribution is 2.39. The third kappa shape index (κ3) is 4.14. The van der Waals surface area contributed by atoms with Gasteiger partial charge >= 0.3 is 0 Å². The Labute approximate surface area is 189 Å². The molecule has 0 aliphatic heterocycles. The van der Waals surface area contributed by atoms with Gasteiger partial charge in [0.1, 0.15) is 23.0 Å². The lowest BCUT2D eigenvalue weighted by Crippen LogP contribution is -2.05. The summed E-state index contributed by atoms with van der Waals surface area (Å²) in [4.78, 5) is 25.7. The monoisotopic (exact) mass is 440 g/mol. The molecule has 0 bridgehead atoms. The molecule has 0 unspecified atom stereocenters. The van der Waals surface area contributed by atoms with Crippen molar-refractivity contribution in [2.24, 2.45) is 0 Å². The highest BCUT2D eigenvalue weighted by atomic mass is 16.3. The average Bonchev–Trinajstić information content (AvgIpc) is 2.84. The van der Waals surface area contributed by atoms with E-state index in [1.807, 2.05) is 0 Å². The van der Waals surface area contributed by atoms with Crippen LogP contribution in [0.25, 0.3) is 0 Å². The molecule has 0 atom stereocenters. The number of carbonyl (C=O) groups is 2. The molecular formula is C27H20O6. The lowest BCUT2D eigenvalue weighted by molar-refractivity contribution is 0.102. The fourth-order valence-corrected chi connectivity index (χ4v) is 3.63. The number of ketones is 2. The summed E-state index contributed by atoms with van der Waals surface area (Å²) in [6.07, 6.45) is -0.318. The molecule has 0 saturated heterocycles. The minimum Gasteiger partial charge on any atom is -0.508 e. The van der Waals surface area contributed by atoms with Gasteiger partial charge in [0.25, 0.3) is 0 Å². The van der Waals surface area contributed by atoms with Crippen LogP contribution in [-0.2, 0) is 6.42 Å². The highest BCUT2D eigenvalue weighted by Gasteiger charge is 2.24. The fraction of sp³-hybridized carbons (Fsp3) is 0.0370. The van der Waals surface area contributed by atoms with E-state index in [0.29, 0.717) is 11.1 Å². The molecule has 0 spiro atoms. The molecule has 0 amide bonds. The number of hydrogen-bond acceptors (Lipinski definition) is 6. The zero-order valence-electron chi connectivity index (χ0n) is 17.4. The van der Waals surface area contributed by atoms with E-state index in [4.69, 9.17) is 0 Å². The van der Waals surface area contributed by atoms with Gasteiger partial charge in [0.05, 0.1) is 11.1 Å². The first-order valence-electron chi connectivity index (χ1n) is 10.2. The van der Waals surface area contributed by atoms with Gasteiger partial charge in [-0.25, -0.2) is 0 Å². The normalized spacial score (nSPS) is 10.7. The van der Waals surface area contributed by atoms with Crippen LogP contribution in [0, 0.1) is 0 Å². The Hall–Kier alpha value is -4.58. The Balaban J connectivity index is 1.75. The van der Waals surface area contributed by atoms with Crippen molar-refractivity contribution in [3.8, 4) is 23.0 Å². The largest absolute Gasteiger partial charge is 0.508 e. The van der Waals surface area contributed by atoms with E-state index in [-0.39, 0.29) is 40.2 Å². The Morgan fingerprint density at radius 1 is 0.515 bits per heavy atom. The number of rotatable bonds is 6. The molecule has 0 aromatic heterocycles. The molecule has 0 radical (unpaired) electrons. The first-order valence-corrected chi connectivity index (χ1v) is 10.2.